The van der Waals surface area contributed by atoms with Crippen molar-refractivity contribution in [3.05, 3.63) is 30.7 Å². The number of hydrogen-bond acceptors (Lipinski definition) is 5. The fraction of sp³-hybridized carbons (Fsp3) is 0.364. The van der Waals surface area contributed by atoms with E-state index in [2.05, 4.69) is 20.4 Å². The van der Waals surface area contributed by atoms with Gasteiger partial charge in [-0.3, -0.25) is 4.68 Å². The molecular weight excluding hydrogens is 218 g/mol. The molecule has 6 heteroatoms. The molecular formula is C11H15N5O. The predicted octanol–water partition coefficient (Wildman–Crippen LogP) is 1.18. The van der Waals surface area contributed by atoms with Crippen LogP contribution >= 0.6 is 0 Å². The lowest BCUT2D eigenvalue weighted by Gasteiger charge is -2.13. The molecule has 0 amide bonds. The van der Waals surface area contributed by atoms with Gasteiger partial charge in [-0.2, -0.15) is 10.1 Å². The van der Waals surface area contributed by atoms with Crippen molar-refractivity contribution >= 4 is 5.95 Å². The number of nitrogens with zero attached hydrogens (tertiary/aromatic N) is 4. The third-order valence-corrected chi connectivity index (χ3v) is 2.23. The van der Waals surface area contributed by atoms with Crippen molar-refractivity contribution in [2.45, 2.75) is 19.5 Å². The third kappa shape index (κ3) is 3.17. The average Bonchev–Trinajstić information content (AvgIpc) is 2.82. The highest BCUT2D eigenvalue weighted by Crippen LogP contribution is 2.08. The van der Waals surface area contributed by atoms with Crippen molar-refractivity contribution in [1.82, 2.24) is 19.7 Å². The zero-order chi connectivity index (χ0) is 12.1. The van der Waals surface area contributed by atoms with Crippen molar-refractivity contribution in [3.63, 3.8) is 0 Å². The van der Waals surface area contributed by atoms with E-state index in [-0.39, 0.29) is 6.04 Å². The Morgan fingerprint density at radius 3 is 3.06 bits per heavy atom. The van der Waals surface area contributed by atoms with Gasteiger partial charge < -0.3 is 10.1 Å². The maximum atomic E-state index is 5.03. The molecule has 0 saturated heterocycles. The van der Waals surface area contributed by atoms with E-state index >= 15 is 0 Å². The Morgan fingerprint density at radius 1 is 1.47 bits per heavy atom. The van der Waals surface area contributed by atoms with E-state index in [9.17, 15) is 0 Å². The van der Waals surface area contributed by atoms with Crippen molar-refractivity contribution in [3.8, 4) is 5.88 Å². The van der Waals surface area contributed by atoms with Crippen LogP contribution in [-0.4, -0.2) is 32.9 Å². The molecule has 2 rings (SSSR count). The summed E-state index contributed by atoms with van der Waals surface area (Å²) < 4.78 is 6.89. The van der Waals surface area contributed by atoms with Crippen LogP contribution in [0.2, 0.25) is 0 Å². The second kappa shape index (κ2) is 5.29. The highest BCUT2D eigenvalue weighted by atomic mass is 16.5. The quantitative estimate of drug-likeness (QED) is 0.840. The smallest absolute Gasteiger partial charge is 0.226 e. The van der Waals surface area contributed by atoms with Gasteiger partial charge in [-0.25, -0.2) is 4.98 Å². The number of methoxy groups -OCH3 is 1. The van der Waals surface area contributed by atoms with Crippen LogP contribution in [0.15, 0.2) is 30.7 Å². The molecule has 0 aliphatic rings. The summed E-state index contributed by atoms with van der Waals surface area (Å²) in [4.78, 5) is 8.31. The highest BCUT2D eigenvalue weighted by molar-refractivity contribution is 5.28. The Bertz CT molecular complexity index is 457. The molecule has 17 heavy (non-hydrogen) atoms. The number of anilines is 1. The zero-order valence-corrected chi connectivity index (χ0v) is 9.87. The molecule has 2 aromatic heterocycles. The van der Waals surface area contributed by atoms with Gasteiger partial charge in [0.2, 0.25) is 11.8 Å². The topological polar surface area (TPSA) is 64.9 Å². The second-order valence-corrected chi connectivity index (χ2v) is 3.70. The molecule has 0 aliphatic carbocycles. The summed E-state index contributed by atoms with van der Waals surface area (Å²) in [6, 6.07) is 3.79. The van der Waals surface area contributed by atoms with Gasteiger partial charge in [0.25, 0.3) is 0 Å². The number of aromatic nitrogens is 4. The minimum Gasteiger partial charge on any atom is -0.481 e. The Hall–Kier alpha value is -2.11. The Balaban J connectivity index is 1.95. The highest BCUT2D eigenvalue weighted by Gasteiger charge is 2.05. The molecule has 0 spiro atoms. The Morgan fingerprint density at radius 2 is 2.35 bits per heavy atom. The van der Waals surface area contributed by atoms with Crippen LogP contribution in [0, 0.1) is 0 Å². The van der Waals surface area contributed by atoms with Gasteiger partial charge >= 0.3 is 0 Å². The van der Waals surface area contributed by atoms with Gasteiger partial charge in [-0.15, -0.1) is 0 Å². The van der Waals surface area contributed by atoms with Crippen LogP contribution in [0.4, 0.5) is 5.95 Å². The second-order valence-electron chi connectivity index (χ2n) is 3.70. The molecule has 0 bridgehead atoms. The van der Waals surface area contributed by atoms with Crippen molar-refractivity contribution in [1.29, 1.82) is 0 Å². The first kappa shape index (κ1) is 11.4. The van der Waals surface area contributed by atoms with Gasteiger partial charge in [0.15, 0.2) is 0 Å². The SMILES string of the molecule is COc1ccnc(NC(C)Cn2cccn2)n1. The van der Waals surface area contributed by atoms with Crippen LogP contribution in [0.1, 0.15) is 6.92 Å². The van der Waals surface area contributed by atoms with E-state index in [1.165, 1.54) is 0 Å². The molecule has 0 radical (unpaired) electrons. The summed E-state index contributed by atoms with van der Waals surface area (Å²) in [5.41, 5.74) is 0. The molecule has 1 N–H and O–H groups in total. The predicted molar refractivity (Wildman–Crippen MR) is 63.9 cm³/mol. The Labute approximate surface area is 99.7 Å². The summed E-state index contributed by atoms with van der Waals surface area (Å²) in [5.74, 6) is 1.11. The first-order valence-corrected chi connectivity index (χ1v) is 5.39. The largest absolute Gasteiger partial charge is 0.481 e. The minimum atomic E-state index is 0.182. The molecule has 0 saturated carbocycles. The average molecular weight is 233 g/mol. The lowest BCUT2D eigenvalue weighted by Crippen LogP contribution is -2.23. The van der Waals surface area contributed by atoms with E-state index < -0.39 is 0 Å². The first-order chi connectivity index (χ1) is 8.28. The fourth-order valence-electron chi connectivity index (χ4n) is 1.48. The lowest BCUT2D eigenvalue weighted by atomic mass is 10.3. The van der Waals surface area contributed by atoms with Crippen LogP contribution in [0.25, 0.3) is 0 Å². The van der Waals surface area contributed by atoms with E-state index in [0.717, 1.165) is 6.54 Å². The number of rotatable bonds is 5. The summed E-state index contributed by atoms with van der Waals surface area (Å²) >= 11 is 0. The number of ether oxygens (including phenoxy) is 1. The standard InChI is InChI=1S/C11H15N5O/c1-9(8-16-7-3-5-13-16)14-11-12-6-4-10(15-11)17-2/h3-7,9H,8H2,1-2H3,(H,12,14,15). The summed E-state index contributed by atoms with van der Waals surface area (Å²) in [7, 11) is 1.58. The lowest BCUT2D eigenvalue weighted by molar-refractivity contribution is 0.397. The van der Waals surface area contributed by atoms with Crippen molar-refractivity contribution in [2.75, 3.05) is 12.4 Å². The van der Waals surface area contributed by atoms with Crippen LogP contribution < -0.4 is 10.1 Å². The first-order valence-electron chi connectivity index (χ1n) is 5.39. The molecule has 90 valence electrons. The molecule has 0 aromatic carbocycles. The molecule has 1 atom stereocenters. The Kier molecular flexibility index (Phi) is 3.54. The van der Waals surface area contributed by atoms with Crippen LogP contribution in [-0.2, 0) is 6.54 Å². The molecule has 0 fully saturated rings. The minimum absolute atomic E-state index is 0.182. The third-order valence-electron chi connectivity index (χ3n) is 2.23. The summed E-state index contributed by atoms with van der Waals surface area (Å²) in [6.07, 6.45) is 5.34. The van der Waals surface area contributed by atoms with Gasteiger partial charge in [-0.1, -0.05) is 0 Å². The summed E-state index contributed by atoms with van der Waals surface area (Å²) in [6.45, 7) is 2.80. The number of hydrogen-bond donors (Lipinski definition) is 1. The molecule has 2 heterocycles. The van der Waals surface area contributed by atoms with Gasteiger partial charge in [0.05, 0.1) is 13.7 Å². The van der Waals surface area contributed by atoms with Crippen LogP contribution in [0.5, 0.6) is 5.88 Å². The van der Waals surface area contributed by atoms with Gasteiger partial charge in [-0.05, 0) is 13.0 Å². The molecule has 6 nitrogen and oxygen atoms in total. The van der Waals surface area contributed by atoms with E-state index in [0.29, 0.717) is 11.8 Å². The maximum absolute atomic E-state index is 5.03. The monoisotopic (exact) mass is 233 g/mol. The van der Waals surface area contributed by atoms with E-state index in [4.69, 9.17) is 4.74 Å². The van der Waals surface area contributed by atoms with E-state index in [1.807, 2.05) is 23.9 Å². The fourth-order valence-corrected chi connectivity index (χ4v) is 1.48. The van der Waals surface area contributed by atoms with E-state index in [1.54, 1.807) is 25.6 Å². The van der Waals surface area contributed by atoms with Gasteiger partial charge in [0, 0.05) is 30.7 Å². The van der Waals surface area contributed by atoms with Crippen molar-refractivity contribution in [2.24, 2.45) is 0 Å². The molecule has 1 unspecified atom stereocenters. The van der Waals surface area contributed by atoms with Gasteiger partial charge in [0.1, 0.15) is 0 Å². The molecule has 2 aromatic rings. The van der Waals surface area contributed by atoms with Crippen LogP contribution in [0.3, 0.4) is 0 Å². The number of nitrogens with one attached hydrogen (secondary N) is 1. The molecule has 0 aliphatic heterocycles. The summed E-state index contributed by atoms with van der Waals surface area (Å²) in [5, 5.41) is 7.33. The normalized spacial score (nSPS) is 12.1. The zero-order valence-electron chi connectivity index (χ0n) is 9.87. The van der Waals surface area contributed by atoms with Crippen molar-refractivity contribution < 1.29 is 4.74 Å². The maximum Gasteiger partial charge on any atom is 0.226 e.